The van der Waals surface area contributed by atoms with Gasteiger partial charge in [-0.25, -0.2) is 13.1 Å². The quantitative estimate of drug-likeness (QED) is 0.924. The first-order valence-corrected chi connectivity index (χ1v) is 8.96. The van der Waals surface area contributed by atoms with E-state index in [0.717, 1.165) is 29.5 Å². The molecule has 1 aliphatic carbocycles. The van der Waals surface area contributed by atoms with E-state index in [1.807, 2.05) is 32.9 Å². The molecule has 0 heterocycles. The molecule has 0 aliphatic heterocycles. The maximum atomic E-state index is 12.5. The van der Waals surface area contributed by atoms with E-state index in [1.165, 1.54) is 19.3 Å². The van der Waals surface area contributed by atoms with Gasteiger partial charge in [0.15, 0.2) is 0 Å². The molecule has 1 aliphatic rings. The second-order valence-corrected chi connectivity index (χ2v) is 7.79. The number of aryl methyl sites for hydroxylation is 3. The fourth-order valence-electron chi connectivity index (χ4n) is 3.28. The van der Waals surface area contributed by atoms with Crippen LogP contribution in [0.4, 0.5) is 0 Å². The molecule has 20 heavy (non-hydrogen) atoms. The van der Waals surface area contributed by atoms with E-state index >= 15 is 0 Å². The number of hydrogen-bond donors (Lipinski definition) is 1. The number of hydrogen-bond acceptors (Lipinski definition) is 2. The van der Waals surface area contributed by atoms with E-state index < -0.39 is 10.0 Å². The highest BCUT2D eigenvalue weighted by Gasteiger charge is 2.22. The minimum absolute atomic E-state index is 0.457. The lowest BCUT2D eigenvalue weighted by atomic mass is 9.90. The molecule has 0 amide bonds. The predicted molar refractivity (Wildman–Crippen MR) is 82.4 cm³/mol. The number of benzene rings is 1. The number of rotatable bonds is 4. The highest BCUT2D eigenvalue weighted by atomic mass is 32.2. The van der Waals surface area contributed by atoms with E-state index in [9.17, 15) is 8.42 Å². The predicted octanol–water partition coefficient (Wildman–Crippen LogP) is 3.47. The monoisotopic (exact) mass is 295 g/mol. The lowest BCUT2D eigenvalue weighted by Gasteiger charge is -2.22. The Morgan fingerprint density at radius 2 is 1.60 bits per heavy atom. The molecule has 0 bridgehead atoms. The van der Waals surface area contributed by atoms with Crippen molar-refractivity contribution in [1.29, 1.82) is 0 Å². The Morgan fingerprint density at radius 1 is 1.05 bits per heavy atom. The van der Waals surface area contributed by atoms with E-state index in [0.29, 0.717) is 17.4 Å². The van der Waals surface area contributed by atoms with Crippen LogP contribution in [0.25, 0.3) is 0 Å². The lowest BCUT2D eigenvalue weighted by Crippen LogP contribution is -2.31. The first-order valence-electron chi connectivity index (χ1n) is 7.47. The third kappa shape index (κ3) is 3.61. The van der Waals surface area contributed by atoms with Gasteiger partial charge in [0.25, 0.3) is 0 Å². The summed E-state index contributed by atoms with van der Waals surface area (Å²) in [6.07, 6.45) is 6.05. The second-order valence-electron chi connectivity index (χ2n) is 6.08. The minimum atomic E-state index is -3.39. The molecule has 0 saturated heterocycles. The van der Waals surface area contributed by atoms with Crippen molar-refractivity contribution >= 4 is 10.0 Å². The zero-order chi connectivity index (χ0) is 14.8. The van der Waals surface area contributed by atoms with Crippen LogP contribution in [-0.2, 0) is 10.0 Å². The Labute approximate surface area is 122 Å². The van der Waals surface area contributed by atoms with Gasteiger partial charge < -0.3 is 0 Å². The molecule has 1 aromatic carbocycles. The van der Waals surface area contributed by atoms with Gasteiger partial charge in [-0.2, -0.15) is 0 Å². The zero-order valence-electron chi connectivity index (χ0n) is 12.7. The minimum Gasteiger partial charge on any atom is -0.211 e. The summed E-state index contributed by atoms with van der Waals surface area (Å²) in [6.45, 7) is 6.31. The summed E-state index contributed by atoms with van der Waals surface area (Å²) in [6, 6.07) is 3.87. The third-order valence-corrected chi connectivity index (χ3v) is 5.89. The molecule has 0 unspecified atom stereocenters. The van der Waals surface area contributed by atoms with E-state index in [4.69, 9.17) is 0 Å². The summed E-state index contributed by atoms with van der Waals surface area (Å²) >= 11 is 0. The van der Waals surface area contributed by atoms with Crippen LogP contribution >= 0.6 is 0 Å². The molecule has 2 rings (SSSR count). The molecule has 1 aromatic rings. The lowest BCUT2D eigenvalue weighted by molar-refractivity contribution is 0.357. The molecule has 0 radical (unpaired) electrons. The Bertz CT molecular complexity index is 549. The van der Waals surface area contributed by atoms with Gasteiger partial charge >= 0.3 is 0 Å². The molecule has 0 spiro atoms. The van der Waals surface area contributed by atoms with Gasteiger partial charge in [0, 0.05) is 6.54 Å². The Hall–Kier alpha value is -0.870. The average Bonchev–Trinajstić information content (AvgIpc) is 2.36. The molecule has 1 N–H and O–H groups in total. The van der Waals surface area contributed by atoms with E-state index in [-0.39, 0.29) is 0 Å². The van der Waals surface area contributed by atoms with Gasteiger partial charge in [0.05, 0.1) is 4.90 Å². The van der Waals surface area contributed by atoms with Gasteiger partial charge in [0.2, 0.25) is 10.0 Å². The topological polar surface area (TPSA) is 46.2 Å². The molecule has 112 valence electrons. The highest BCUT2D eigenvalue weighted by Crippen LogP contribution is 2.25. The Balaban J connectivity index is 2.14. The zero-order valence-corrected chi connectivity index (χ0v) is 13.5. The van der Waals surface area contributed by atoms with Crippen LogP contribution in [0.1, 0.15) is 48.8 Å². The standard InChI is InChI=1S/C16H25NO2S/c1-12-9-13(2)16(14(3)10-12)20(18,19)17-11-15-7-5-4-6-8-15/h9-10,15,17H,4-8,11H2,1-3H3. The van der Waals surface area contributed by atoms with Crippen LogP contribution in [0.2, 0.25) is 0 Å². The average molecular weight is 295 g/mol. The first-order chi connectivity index (χ1) is 9.40. The summed E-state index contributed by atoms with van der Waals surface area (Å²) < 4.78 is 27.9. The van der Waals surface area contributed by atoms with Crippen molar-refractivity contribution in [2.24, 2.45) is 5.92 Å². The summed E-state index contributed by atoms with van der Waals surface area (Å²) in [5.74, 6) is 0.504. The van der Waals surface area contributed by atoms with E-state index in [1.54, 1.807) is 0 Å². The molecule has 0 atom stereocenters. The van der Waals surface area contributed by atoms with Crippen molar-refractivity contribution in [2.75, 3.05) is 6.54 Å². The van der Waals surface area contributed by atoms with Crippen molar-refractivity contribution in [3.8, 4) is 0 Å². The fraction of sp³-hybridized carbons (Fsp3) is 0.625. The van der Waals surface area contributed by atoms with Crippen molar-refractivity contribution in [3.63, 3.8) is 0 Å². The van der Waals surface area contributed by atoms with Crippen molar-refractivity contribution in [1.82, 2.24) is 4.72 Å². The Morgan fingerprint density at radius 3 is 2.15 bits per heavy atom. The van der Waals surface area contributed by atoms with Gasteiger partial charge in [-0.1, -0.05) is 37.0 Å². The van der Waals surface area contributed by atoms with Gasteiger partial charge in [0.1, 0.15) is 0 Å². The summed E-state index contributed by atoms with van der Waals surface area (Å²) in [4.78, 5) is 0.457. The van der Waals surface area contributed by atoms with Crippen LogP contribution in [0, 0.1) is 26.7 Å². The molecule has 4 heteroatoms. The molecular formula is C16H25NO2S. The Kier molecular flexibility index (Phi) is 4.86. The first kappa shape index (κ1) is 15.5. The molecular weight excluding hydrogens is 270 g/mol. The third-order valence-electron chi connectivity index (χ3n) is 4.16. The summed E-state index contributed by atoms with van der Waals surface area (Å²) in [5, 5.41) is 0. The number of nitrogens with one attached hydrogen (secondary N) is 1. The van der Waals surface area contributed by atoms with Gasteiger partial charge in [-0.3, -0.25) is 0 Å². The van der Waals surface area contributed by atoms with Gasteiger partial charge in [-0.15, -0.1) is 0 Å². The maximum Gasteiger partial charge on any atom is 0.241 e. The second kappa shape index (κ2) is 6.27. The van der Waals surface area contributed by atoms with Crippen LogP contribution in [0.5, 0.6) is 0 Å². The van der Waals surface area contributed by atoms with Crippen LogP contribution in [0.3, 0.4) is 0 Å². The number of sulfonamides is 1. The molecule has 0 aromatic heterocycles. The van der Waals surface area contributed by atoms with Crippen LogP contribution in [0.15, 0.2) is 17.0 Å². The summed E-state index contributed by atoms with van der Waals surface area (Å²) in [5.41, 5.74) is 2.77. The smallest absolute Gasteiger partial charge is 0.211 e. The molecule has 1 fully saturated rings. The van der Waals surface area contributed by atoms with Crippen molar-refractivity contribution < 1.29 is 8.42 Å². The van der Waals surface area contributed by atoms with Crippen LogP contribution < -0.4 is 4.72 Å². The SMILES string of the molecule is Cc1cc(C)c(S(=O)(=O)NCC2CCCCC2)c(C)c1. The van der Waals surface area contributed by atoms with Crippen molar-refractivity contribution in [2.45, 2.75) is 57.8 Å². The van der Waals surface area contributed by atoms with E-state index in [2.05, 4.69) is 4.72 Å². The highest BCUT2D eigenvalue weighted by molar-refractivity contribution is 7.89. The largest absolute Gasteiger partial charge is 0.241 e. The fourth-order valence-corrected chi connectivity index (χ4v) is 4.85. The van der Waals surface area contributed by atoms with Crippen molar-refractivity contribution in [3.05, 3.63) is 28.8 Å². The van der Waals surface area contributed by atoms with Gasteiger partial charge in [-0.05, 0) is 50.7 Å². The van der Waals surface area contributed by atoms with Crippen LogP contribution in [-0.4, -0.2) is 15.0 Å². The summed E-state index contributed by atoms with van der Waals surface area (Å²) in [7, 11) is -3.39. The molecule has 3 nitrogen and oxygen atoms in total. The maximum absolute atomic E-state index is 12.5. The normalized spacial score (nSPS) is 17.4. The molecule has 1 saturated carbocycles.